The standard InChI is InChI=1S/C12H13Cl2FN2S/c1-2-3-8-6-16-12(18-8)17-7-4-9(13)11(15)10(14)5-7/h4-5,8H,2-3,6H2,1H3,(H,16,17). The molecule has 1 N–H and O–H groups in total. The lowest BCUT2D eigenvalue weighted by Gasteiger charge is -2.09. The summed E-state index contributed by atoms with van der Waals surface area (Å²) in [5.74, 6) is -0.589. The van der Waals surface area contributed by atoms with Gasteiger partial charge in [0.05, 0.1) is 16.6 Å². The molecule has 2 rings (SSSR count). The normalized spacial score (nSPS) is 18.9. The number of anilines is 1. The molecule has 1 heterocycles. The number of hydrogen-bond donors (Lipinski definition) is 1. The fourth-order valence-electron chi connectivity index (χ4n) is 1.71. The molecule has 1 unspecified atom stereocenters. The molecule has 0 spiro atoms. The van der Waals surface area contributed by atoms with Crippen LogP contribution in [0.2, 0.25) is 10.0 Å². The molecule has 1 atom stereocenters. The third-order valence-electron chi connectivity index (χ3n) is 2.56. The van der Waals surface area contributed by atoms with E-state index in [1.54, 1.807) is 11.8 Å². The van der Waals surface area contributed by atoms with E-state index in [2.05, 4.69) is 17.2 Å². The van der Waals surface area contributed by atoms with Crippen molar-refractivity contribution in [3.63, 3.8) is 0 Å². The Balaban J connectivity index is 2.03. The predicted octanol–water partition coefficient (Wildman–Crippen LogP) is 4.82. The summed E-state index contributed by atoms with van der Waals surface area (Å²) in [6, 6.07) is 3.03. The third kappa shape index (κ3) is 3.31. The highest BCUT2D eigenvalue weighted by molar-refractivity contribution is 8.15. The summed E-state index contributed by atoms with van der Waals surface area (Å²) in [7, 11) is 0. The van der Waals surface area contributed by atoms with Crippen LogP contribution in [0.5, 0.6) is 0 Å². The van der Waals surface area contributed by atoms with Crippen molar-refractivity contribution in [1.82, 2.24) is 0 Å². The number of benzene rings is 1. The van der Waals surface area contributed by atoms with Gasteiger partial charge >= 0.3 is 0 Å². The van der Waals surface area contributed by atoms with E-state index in [1.165, 1.54) is 12.1 Å². The molecular weight excluding hydrogens is 294 g/mol. The van der Waals surface area contributed by atoms with Crippen molar-refractivity contribution in [3.05, 3.63) is 28.0 Å². The first kappa shape index (κ1) is 14.0. The summed E-state index contributed by atoms with van der Waals surface area (Å²) < 4.78 is 13.3. The van der Waals surface area contributed by atoms with Crippen molar-refractivity contribution in [2.24, 2.45) is 4.99 Å². The predicted molar refractivity (Wildman–Crippen MR) is 78.6 cm³/mol. The molecule has 0 saturated heterocycles. The van der Waals surface area contributed by atoms with E-state index < -0.39 is 5.82 Å². The Morgan fingerprint density at radius 3 is 2.72 bits per heavy atom. The van der Waals surface area contributed by atoms with Gasteiger partial charge in [-0.2, -0.15) is 0 Å². The van der Waals surface area contributed by atoms with Crippen LogP contribution >= 0.6 is 35.0 Å². The Morgan fingerprint density at radius 2 is 2.11 bits per heavy atom. The van der Waals surface area contributed by atoms with Gasteiger partial charge in [-0.3, -0.25) is 4.99 Å². The highest BCUT2D eigenvalue weighted by Gasteiger charge is 2.19. The summed E-state index contributed by atoms with van der Waals surface area (Å²) in [4.78, 5) is 4.40. The van der Waals surface area contributed by atoms with Crippen LogP contribution in [0.1, 0.15) is 19.8 Å². The number of hydrogen-bond acceptors (Lipinski definition) is 3. The van der Waals surface area contributed by atoms with Crippen molar-refractivity contribution in [2.75, 3.05) is 11.9 Å². The summed E-state index contributed by atoms with van der Waals surface area (Å²) in [6.45, 7) is 2.98. The molecule has 0 bridgehead atoms. The van der Waals surface area contributed by atoms with Crippen molar-refractivity contribution < 1.29 is 4.39 Å². The third-order valence-corrected chi connectivity index (χ3v) is 4.29. The highest BCUT2D eigenvalue weighted by Crippen LogP contribution is 2.30. The first-order valence-electron chi connectivity index (χ1n) is 5.72. The molecule has 0 saturated carbocycles. The summed E-state index contributed by atoms with van der Waals surface area (Å²) in [6.07, 6.45) is 2.29. The SMILES string of the molecule is CCCC1CN=C(Nc2cc(Cl)c(F)c(Cl)c2)S1. The molecule has 1 aromatic carbocycles. The first-order valence-corrected chi connectivity index (χ1v) is 7.36. The summed E-state index contributed by atoms with van der Waals surface area (Å²) in [5, 5.41) is 4.51. The molecule has 2 nitrogen and oxygen atoms in total. The second kappa shape index (κ2) is 6.13. The number of nitrogens with one attached hydrogen (secondary N) is 1. The second-order valence-corrected chi connectivity index (χ2v) is 6.16. The number of halogens is 3. The lowest BCUT2D eigenvalue weighted by Crippen LogP contribution is -2.07. The quantitative estimate of drug-likeness (QED) is 0.810. The number of aliphatic imine (C=N–C) groups is 1. The molecule has 18 heavy (non-hydrogen) atoms. The van der Waals surface area contributed by atoms with E-state index in [0.29, 0.717) is 10.9 Å². The average molecular weight is 307 g/mol. The van der Waals surface area contributed by atoms with Gasteiger partial charge in [-0.1, -0.05) is 48.3 Å². The van der Waals surface area contributed by atoms with E-state index in [4.69, 9.17) is 23.2 Å². The van der Waals surface area contributed by atoms with Gasteiger partial charge in [0, 0.05) is 10.9 Å². The minimum Gasteiger partial charge on any atom is -0.335 e. The molecule has 0 amide bonds. The summed E-state index contributed by atoms with van der Waals surface area (Å²) in [5.41, 5.74) is 0.662. The number of nitrogens with zero attached hydrogens (tertiary/aromatic N) is 1. The van der Waals surface area contributed by atoms with Gasteiger partial charge in [-0.15, -0.1) is 0 Å². The van der Waals surface area contributed by atoms with Gasteiger partial charge in [0.2, 0.25) is 0 Å². The largest absolute Gasteiger partial charge is 0.335 e. The second-order valence-electron chi connectivity index (χ2n) is 4.05. The lowest BCUT2D eigenvalue weighted by atomic mass is 10.2. The zero-order valence-electron chi connectivity index (χ0n) is 9.84. The van der Waals surface area contributed by atoms with E-state index in [9.17, 15) is 4.39 Å². The number of thioether (sulfide) groups is 1. The Morgan fingerprint density at radius 1 is 1.44 bits per heavy atom. The van der Waals surface area contributed by atoms with Gasteiger partial charge in [0.1, 0.15) is 0 Å². The zero-order valence-corrected chi connectivity index (χ0v) is 12.2. The minimum atomic E-state index is -0.589. The van der Waals surface area contributed by atoms with Crippen LogP contribution in [0.15, 0.2) is 17.1 Å². The van der Waals surface area contributed by atoms with E-state index in [1.807, 2.05) is 0 Å². The van der Waals surface area contributed by atoms with Crippen molar-refractivity contribution in [1.29, 1.82) is 0 Å². The Hall–Kier alpha value is -0.450. The highest BCUT2D eigenvalue weighted by atomic mass is 35.5. The fourth-order valence-corrected chi connectivity index (χ4v) is 3.34. The van der Waals surface area contributed by atoms with Crippen LogP contribution in [0.25, 0.3) is 0 Å². The molecular formula is C12H13Cl2FN2S. The van der Waals surface area contributed by atoms with E-state index in [0.717, 1.165) is 24.6 Å². The molecule has 0 fully saturated rings. The van der Waals surface area contributed by atoms with Gasteiger partial charge in [-0.25, -0.2) is 4.39 Å². The maximum Gasteiger partial charge on any atom is 0.161 e. The molecule has 0 aromatic heterocycles. The number of amidine groups is 1. The smallest absolute Gasteiger partial charge is 0.161 e. The molecule has 98 valence electrons. The Bertz CT molecular complexity index is 456. The van der Waals surface area contributed by atoms with Crippen LogP contribution in [-0.4, -0.2) is 17.0 Å². The number of rotatable bonds is 3. The average Bonchev–Trinajstić information content (AvgIpc) is 2.74. The van der Waals surface area contributed by atoms with Crippen LogP contribution < -0.4 is 5.32 Å². The first-order chi connectivity index (χ1) is 8.60. The van der Waals surface area contributed by atoms with Gasteiger partial charge in [-0.05, 0) is 18.6 Å². The molecule has 0 radical (unpaired) electrons. The van der Waals surface area contributed by atoms with Crippen molar-refractivity contribution >= 4 is 45.8 Å². The maximum absolute atomic E-state index is 13.3. The van der Waals surface area contributed by atoms with Gasteiger partial charge in [0.15, 0.2) is 11.0 Å². The van der Waals surface area contributed by atoms with Crippen molar-refractivity contribution in [3.8, 4) is 0 Å². The van der Waals surface area contributed by atoms with Gasteiger partial charge < -0.3 is 5.32 Å². The van der Waals surface area contributed by atoms with Gasteiger partial charge in [0.25, 0.3) is 0 Å². The topological polar surface area (TPSA) is 24.4 Å². The zero-order chi connectivity index (χ0) is 13.1. The minimum absolute atomic E-state index is 0.0127. The molecule has 1 aromatic rings. The van der Waals surface area contributed by atoms with Crippen LogP contribution in [0.3, 0.4) is 0 Å². The fraction of sp³-hybridized carbons (Fsp3) is 0.417. The molecule has 1 aliphatic rings. The lowest BCUT2D eigenvalue weighted by molar-refractivity contribution is 0.629. The summed E-state index contributed by atoms with van der Waals surface area (Å²) >= 11 is 13.2. The van der Waals surface area contributed by atoms with Crippen LogP contribution in [0, 0.1) is 5.82 Å². The van der Waals surface area contributed by atoms with E-state index >= 15 is 0 Å². The molecule has 6 heteroatoms. The molecule has 1 aliphatic heterocycles. The Labute approximate surface area is 120 Å². The maximum atomic E-state index is 13.3. The molecule has 0 aliphatic carbocycles. The van der Waals surface area contributed by atoms with Crippen molar-refractivity contribution in [2.45, 2.75) is 25.0 Å². The monoisotopic (exact) mass is 306 g/mol. The van der Waals surface area contributed by atoms with Crippen LogP contribution in [0.4, 0.5) is 10.1 Å². The van der Waals surface area contributed by atoms with E-state index in [-0.39, 0.29) is 10.0 Å². The van der Waals surface area contributed by atoms with Crippen LogP contribution in [-0.2, 0) is 0 Å². The Kier molecular flexibility index (Phi) is 4.76.